The summed E-state index contributed by atoms with van der Waals surface area (Å²) in [5, 5.41) is 0. The lowest BCUT2D eigenvalue weighted by molar-refractivity contribution is 0.237. The number of nitrogens with two attached hydrogens (primary N) is 1. The molecule has 3 heteroatoms. The maximum atomic E-state index is 14.0. The number of benzene rings is 1. The van der Waals surface area contributed by atoms with Crippen LogP contribution in [0.3, 0.4) is 0 Å². The Labute approximate surface area is 114 Å². The lowest BCUT2D eigenvalue weighted by Crippen LogP contribution is -2.28. The zero-order valence-electron chi connectivity index (χ0n) is 11.5. The van der Waals surface area contributed by atoms with Crippen molar-refractivity contribution in [2.24, 2.45) is 5.73 Å². The van der Waals surface area contributed by atoms with Gasteiger partial charge in [0.2, 0.25) is 0 Å². The van der Waals surface area contributed by atoms with Crippen molar-refractivity contribution < 1.29 is 4.39 Å². The molecule has 0 aliphatic carbocycles. The van der Waals surface area contributed by atoms with Crippen molar-refractivity contribution in [3.63, 3.8) is 0 Å². The van der Waals surface area contributed by atoms with Crippen LogP contribution >= 0.6 is 0 Å². The second-order valence-electron chi connectivity index (χ2n) is 4.99. The van der Waals surface area contributed by atoms with Gasteiger partial charge in [-0.25, -0.2) is 4.39 Å². The second-order valence-corrected chi connectivity index (χ2v) is 4.99. The summed E-state index contributed by atoms with van der Waals surface area (Å²) in [6, 6.07) is 5.84. The van der Waals surface area contributed by atoms with Gasteiger partial charge in [0.25, 0.3) is 0 Å². The van der Waals surface area contributed by atoms with E-state index in [9.17, 15) is 4.39 Å². The predicted octanol–water partition coefficient (Wildman–Crippen LogP) is 2.51. The van der Waals surface area contributed by atoms with E-state index in [0.29, 0.717) is 24.7 Å². The summed E-state index contributed by atoms with van der Waals surface area (Å²) in [6.45, 7) is 4.28. The molecule has 1 unspecified atom stereocenters. The van der Waals surface area contributed by atoms with Crippen LogP contribution in [0.4, 0.5) is 4.39 Å². The van der Waals surface area contributed by atoms with E-state index in [1.165, 1.54) is 18.9 Å². The minimum absolute atomic E-state index is 0.162. The first kappa shape index (κ1) is 14.0. The Balaban J connectivity index is 2.08. The van der Waals surface area contributed by atoms with Crippen molar-refractivity contribution in [2.45, 2.75) is 38.8 Å². The SMILES string of the molecule is CCC1CCCN1Cc1ccc(C#CCN)cc1F. The Morgan fingerprint density at radius 1 is 1.47 bits per heavy atom. The van der Waals surface area contributed by atoms with Crippen LogP contribution in [0.25, 0.3) is 0 Å². The lowest BCUT2D eigenvalue weighted by Gasteiger charge is -2.23. The van der Waals surface area contributed by atoms with E-state index in [-0.39, 0.29) is 5.82 Å². The molecular formula is C16H21FN2. The fourth-order valence-corrected chi connectivity index (χ4v) is 2.69. The van der Waals surface area contributed by atoms with Crippen molar-refractivity contribution in [3.05, 3.63) is 35.1 Å². The molecule has 0 amide bonds. The van der Waals surface area contributed by atoms with Crippen LogP contribution in [0.15, 0.2) is 18.2 Å². The summed E-state index contributed by atoms with van der Waals surface area (Å²) in [5.41, 5.74) is 6.77. The summed E-state index contributed by atoms with van der Waals surface area (Å²) in [7, 11) is 0. The van der Waals surface area contributed by atoms with Gasteiger partial charge in [0, 0.05) is 23.7 Å². The molecule has 0 spiro atoms. The second kappa shape index (κ2) is 6.70. The molecule has 2 N–H and O–H groups in total. The van der Waals surface area contributed by atoms with Crippen LogP contribution < -0.4 is 5.73 Å². The van der Waals surface area contributed by atoms with Crippen LogP contribution in [0.1, 0.15) is 37.3 Å². The van der Waals surface area contributed by atoms with E-state index < -0.39 is 0 Å². The molecule has 0 aromatic heterocycles. The maximum Gasteiger partial charge on any atom is 0.128 e. The number of likely N-dealkylation sites (tertiary alicyclic amines) is 1. The van der Waals surface area contributed by atoms with Crippen LogP contribution in [0.2, 0.25) is 0 Å². The first-order chi connectivity index (χ1) is 9.24. The van der Waals surface area contributed by atoms with Gasteiger partial charge in [-0.05, 0) is 37.9 Å². The molecule has 0 bridgehead atoms. The molecule has 0 saturated carbocycles. The largest absolute Gasteiger partial charge is 0.320 e. The number of hydrogen-bond acceptors (Lipinski definition) is 2. The molecule has 1 fully saturated rings. The van der Waals surface area contributed by atoms with Crippen LogP contribution in [0.5, 0.6) is 0 Å². The van der Waals surface area contributed by atoms with E-state index in [4.69, 9.17) is 5.73 Å². The topological polar surface area (TPSA) is 29.3 Å². The number of halogens is 1. The molecule has 2 rings (SSSR count). The lowest BCUT2D eigenvalue weighted by atomic mass is 10.1. The van der Waals surface area contributed by atoms with Gasteiger partial charge in [-0.3, -0.25) is 4.90 Å². The zero-order chi connectivity index (χ0) is 13.7. The van der Waals surface area contributed by atoms with Crippen molar-refractivity contribution in [1.29, 1.82) is 0 Å². The van der Waals surface area contributed by atoms with Crippen molar-refractivity contribution in [1.82, 2.24) is 4.90 Å². The van der Waals surface area contributed by atoms with Gasteiger partial charge >= 0.3 is 0 Å². The highest BCUT2D eigenvalue weighted by Crippen LogP contribution is 2.23. The zero-order valence-corrected chi connectivity index (χ0v) is 11.5. The average molecular weight is 260 g/mol. The normalized spacial score (nSPS) is 19.2. The molecule has 0 radical (unpaired) electrons. The number of rotatable bonds is 3. The quantitative estimate of drug-likeness (QED) is 0.846. The fraction of sp³-hybridized carbons (Fsp3) is 0.500. The summed E-state index contributed by atoms with van der Waals surface area (Å²) < 4.78 is 14.0. The smallest absolute Gasteiger partial charge is 0.128 e. The minimum Gasteiger partial charge on any atom is -0.320 e. The standard InChI is InChI=1S/C16H21FN2/c1-2-15-6-4-10-19(15)12-14-8-7-13(5-3-9-18)11-16(14)17/h7-8,11,15H,2,4,6,9-10,12,18H2,1H3. The van der Waals surface area contributed by atoms with Crippen LogP contribution in [-0.4, -0.2) is 24.0 Å². The third-order valence-corrected chi connectivity index (χ3v) is 3.73. The number of hydrogen-bond donors (Lipinski definition) is 1. The van der Waals surface area contributed by atoms with Gasteiger partial charge in [0.15, 0.2) is 0 Å². The van der Waals surface area contributed by atoms with E-state index >= 15 is 0 Å². The molecule has 19 heavy (non-hydrogen) atoms. The first-order valence-electron chi connectivity index (χ1n) is 6.96. The summed E-state index contributed by atoms with van der Waals surface area (Å²) in [5.74, 6) is 5.44. The van der Waals surface area contributed by atoms with Crippen molar-refractivity contribution in [2.75, 3.05) is 13.1 Å². The Bertz CT molecular complexity index is 487. The summed E-state index contributed by atoms with van der Waals surface area (Å²) >= 11 is 0. The molecule has 1 atom stereocenters. The van der Waals surface area contributed by atoms with E-state index in [0.717, 1.165) is 18.5 Å². The molecule has 1 aliphatic rings. The van der Waals surface area contributed by atoms with Gasteiger partial charge in [0.05, 0.1) is 6.54 Å². The highest BCUT2D eigenvalue weighted by atomic mass is 19.1. The maximum absolute atomic E-state index is 14.0. The molecule has 1 saturated heterocycles. The third kappa shape index (κ3) is 3.56. The van der Waals surface area contributed by atoms with Gasteiger partial charge in [0.1, 0.15) is 5.82 Å². The fourth-order valence-electron chi connectivity index (χ4n) is 2.69. The van der Waals surface area contributed by atoms with Gasteiger partial charge in [-0.2, -0.15) is 0 Å². The minimum atomic E-state index is -0.162. The highest BCUT2D eigenvalue weighted by molar-refractivity contribution is 5.37. The molecule has 1 aromatic rings. The third-order valence-electron chi connectivity index (χ3n) is 3.73. The van der Waals surface area contributed by atoms with Gasteiger partial charge in [-0.15, -0.1) is 0 Å². The molecule has 2 nitrogen and oxygen atoms in total. The van der Waals surface area contributed by atoms with Gasteiger partial charge < -0.3 is 5.73 Å². The monoisotopic (exact) mass is 260 g/mol. The average Bonchev–Trinajstić information content (AvgIpc) is 2.86. The van der Waals surface area contributed by atoms with E-state index in [2.05, 4.69) is 23.7 Å². The van der Waals surface area contributed by atoms with Crippen LogP contribution in [0, 0.1) is 17.7 Å². The van der Waals surface area contributed by atoms with Crippen molar-refractivity contribution in [3.8, 4) is 11.8 Å². The Hall–Kier alpha value is -1.37. The first-order valence-corrected chi connectivity index (χ1v) is 6.96. The molecular weight excluding hydrogens is 239 g/mol. The van der Waals surface area contributed by atoms with E-state index in [1.54, 1.807) is 0 Å². The summed E-state index contributed by atoms with van der Waals surface area (Å²) in [6.07, 6.45) is 3.60. The molecule has 1 heterocycles. The molecule has 1 aromatic carbocycles. The Morgan fingerprint density at radius 3 is 3.00 bits per heavy atom. The summed E-state index contributed by atoms with van der Waals surface area (Å²) in [4.78, 5) is 2.38. The predicted molar refractivity (Wildman–Crippen MR) is 76.1 cm³/mol. The molecule has 102 valence electrons. The molecule has 1 aliphatic heterocycles. The Kier molecular flexibility index (Phi) is 4.95. The van der Waals surface area contributed by atoms with Crippen molar-refractivity contribution >= 4 is 0 Å². The number of nitrogens with zero attached hydrogens (tertiary/aromatic N) is 1. The van der Waals surface area contributed by atoms with Gasteiger partial charge in [-0.1, -0.05) is 24.8 Å². The highest BCUT2D eigenvalue weighted by Gasteiger charge is 2.23. The Morgan fingerprint density at radius 2 is 2.32 bits per heavy atom. The van der Waals surface area contributed by atoms with Crippen LogP contribution in [-0.2, 0) is 6.54 Å². The van der Waals surface area contributed by atoms with E-state index in [1.807, 2.05) is 12.1 Å².